The second-order valence-corrected chi connectivity index (χ2v) is 8.82. The SMILES string of the molecule is COc1cc(CC(=O)NC2CCC(=O)CC2)c(C(O)c2ccc(Cl)cc2)cc1OC(C)C. The molecule has 1 unspecified atom stereocenters. The minimum absolute atomic E-state index is 0.00437. The van der Waals surface area contributed by atoms with Gasteiger partial charge in [0.2, 0.25) is 5.91 Å². The number of hydrogen-bond donors (Lipinski definition) is 2. The molecule has 0 saturated heterocycles. The van der Waals surface area contributed by atoms with Crippen LogP contribution in [-0.4, -0.2) is 36.1 Å². The van der Waals surface area contributed by atoms with Crippen molar-refractivity contribution in [2.75, 3.05) is 7.11 Å². The number of ketones is 1. The molecule has 0 aromatic heterocycles. The van der Waals surface area contributed by atoms with Crippen molar-refractivity contribution >= 4 is 23.3 Å². The highest BCUT2D eigenvalue weighted by molar-refractivity contribution is 6.30. The lowest BCUT2D eigenvalue weighted by Crippen LogP contribution is -2.38. The number of rotatable bonds is 8. The van der Waals surface area contributed by atoms with E-state index in [1.165, 1.54) is 0 Å². The molecule has 2 aromatic rings. The van der Waals surface area contributed by atoms with Crippen LogP contribution in [0.4, 0.5) is 0 Å². The normalized spacial score (nSPS) is 15.5. The zero-order chi connectivity index (χ0) is 23.3. The van der Waals surface area contributed by atoms with Gasteiger partial charge in [0.15, 0.2) is 11.5 Å². The molecule has 0 aliphatic heterocycles. The number of carbonyl (C=O) groups excluding carboxylic acids is 2. The van der Waals surface area contributed by atoms with E-state index in [0.29, 0.717) is 58.9 Å². The smallest absolute Gasteiger partial charge is 0.224 e. The number of benzene rings is 2. The van der Waals surface area contributed by atoms with E-state index in [2.05, 4.69) is 5.32 Å². The molecule has 32 heavy (non-hydrogen) atoms. The lowest BCUT2D eigenvalue weighted by atomic mass is 9.92. The van der Waals surface area contributed by atoms with E-state index >= 15 is 0 Å². The number of Topliss-reactive ketones (excluding diaryl/α,β-unsaturated/α-hetero) is 1. The van der Waals surface area contributed by atoms with Crippen LogP contribution in [0, 0.1) is 0 Å². The number of aliphatic hydroxyl groups is 1. The molecule has 0 heterocycles. The van der Waals surface area contributed by atoms with Gasteiger partial charge >= 0.3 is 0 Å². The standard InChI is InChI=1S/C25H30ClNO5/c1-15(2)32-23-14-21(25(30)16-4-6-18(26)7-5-16)17(12-22(23)31-3)13-24(29)27-19-8-10-20(28)11-9-19/h4-7,12,14-15,19,25,30H,8-11,13H2,1-3H3,(H,27,29). The van der Waals surface area contributed by atoms with Crippen molar-refractivity contribution in [3.63, 3.8) is 0 Å². The molecular formula is C25H30ClNO5. The van der Waals surface area contributed by atoms with Crippen molar-refractivity contribution in [3.05, 3.63) is 58.1 Å². The summed E-state index contributed by atoms with van der Waals surface area (Å²) in [6.07, 6.45) is 1.34. The predicted octanol–water partition coefficient (Wildman–Crippen LogP) is 4.39. The second-order valence-electron chi connectivity index (χ2n) is 8.38. The Morgan fingerprint density at radius 3 is 2.41 bits per heavy atom. The molecule has 1 atom stereocenters. The second kappa shape index (κ2) is 10.8. The van der Waals surface area contributed by atoms with E-state index in [4.69, 9.17) is 21.1 Å². The molecule has 172 valence electrons. The summed E-state index contributed by atoms with van der Waals surface area (Å²) in [5.74, 6) is 1.08. The van der Waals surface area contributed by atoms with Crippen LogP contribution in [0.3, 0.4) is 0 Å². The van der Waals surface area contributed by atoms with Crippen molar-refractivity contribution in [1.82, 2.24) is 5.32 Å². The number of hydrogen-bond acceptors (Lipinski definition) is 5. The first-order valence-corrected chi connectivity index (χ1v) is 11.3. The van der Waals surface area contributed by atoms with Crippen molar-refractivity contribution in [1.29, 1.82) is 0 Å². The summed E-state index contributed by atoms with van der Waals surface area (Å²) in [4.78, 5) is 24.3. The molecule has 7 heteroatoms. The van der Waals surface area contributed by atoms with Crippen molar-refractivity contribution in [2.45, 2.75) is 64.2 Å². The average molecular weight is 460 g/mol. The summed E-state index contributed by atoms with van der Waals surface area (Å²) in [7, 11) is 1.54. The maximum absolute atomic E-state index is 12.8. The average Bonchev–Trinajstić information content (AvgIpc) is 2.75. The van der Waals surface area contributed by atoms with E-state index in [1.807, 2.05) is 13.8 Å². The van der Waals surface area contributed by atoms with Gasteiger partial charge in [-0.25, -0.2) is 0 Å². The Bertz CT molecular complexity index is 948. The van der Waals surface area contributed by atoms with Gasteiger partial charge in [-0.2, -0.15) is 0 Å². The molecule has 2 N–H and O–H groups in total. The maximum atomic E-state index is 12.8. The lowest BCUT2D eigenvalue weighted by Gasteiger charge is -2.24. The fourth-order valence-corrected chi connectivity index (χ4v) is 4.02. The van der Waals surface area contributed by atoms with Crippen molar-refractivity contribution < 1.29 is 24.2 Å². The van der Waals surface area contributed by atoms with Gasteiger partial charge < -0.3 is 19.9 Å². The zero-order valence-corrected chi connectivity index (χ0v) is 19.4. The van der Waals surface area contributed by atoms with Gasteiger partial charge in [0.1, 0.15) is 11.9 Å². The Morgan fingerprint density at radius 1 is 1.16 bits per heavy atom. The summed E-state index contributed by atoms with van der Waals surface area (Å²) in [5, 5.41) is 14.7. The van der Waals surface area contributed by atoms with Gasteiger partial charge in [-0.15, -0.1) is 0 Å². The summed E-state index contributed by atoms with van der Waals surface area (Å²) < 4.78 is 11.4. The molecule has 1 aliphatic carbocycles. The number of amides is 1. The molecule has 3 rings (SSSR count). The number of carbonyl (C=O) groups is 2. The summed E-state index contributed by atoms with van der Waals surface area (Å²) >= 11 is 5.99. The monoisotopic (exact) mass is 459 g/mol. The topological polar surface area (TPSA) is 84.9 Å². The number of nitrogens with one attached hydrogen (secondary N) is 1. The molecule has 6 nitrogen and oxygen atoms in total. The molecule has 1 saturated carbocycles. The quantitative estimate of drug-likeness (QED) is 0.611. The minimum Gasteiger partial charge on any atom is -0.493 e. The fourth-order valence-electron chi connectivity index (χ4n) is 3.89. The Morgan fingerprint density at radius 2 is 1.81 bits per heavy atom. The molecule has 2 aromatic carbocycles. The Kier molecular flexibility index (Phi) is 8.15. The highest BCUT2D eigenvalue weighted by Crippen LogP contribution is 2.36. The van der Waals surface area contributed by atoms with Crippen LogP contribution in [0.5, 0.6) is 11.5 Å². The van der Waals surface area contributed by atoms with E-state index in [-0.39, 0.29) is 30.3 Å². The zero-order valence-electron chi connectivity index (χ0n) is 18.7. The van der Waals surface area contributed by atoms with Crippen LogP contribution in [-0.2, 0) is 16.0 Å². The first kappa shape index (κ1) is 24.1. The molecule has 1 aliphatic rings. The van der Waals surface area contributed by atoms with Crippen LogP contribution in [0.25, 0.3) is 0 Å². The first-order valence-electron chi connectivity index (χ1n) is 10.9. The third kappa shape index (κ3) is 6.24. The minimum atomic E-state index is -0.970. The molecule has 0 bridgehead atoms. The largest absolute Gasteiger partial charge is 0.493 e. The van der Waals surface area contributed by atoms with Gasteiger partial charge in [0.05, 0.1) is 19.6 Å². The number of ether oxygens (including phenoxy) is 2. The van der Waals surface area contributed by atoms with E-state index in [9.17, 15) is 14.7 Å². The highest BCUT2D eigenvalue weighted by Gasteiger charge is 2.24. The van der Waals surface area contributed by atoms with Gasteiger partial charge in [0, 0.05) is 23.9 Å². The fraction of sp³-hybridized carbons (Fsp3) is 0.440. The van der Waals surface area contributed by atoms with Crippen molar-refractivity contribution in [3.8, 4) is 11.5 Å². The number of aliphatic hydroxyl groups excluding tert-OH is 1. The van der Waals surface area contributed by atoms with E-state index in [0.717, 1.165) is 0 Å². The summed E-state index contributed by atoms with van der Waals surface area (Å²) in [6, 6.07) is 10.4. The number of halogens is 1. The number of methoxy groups -OCH3 is 1. The molecule has 0 radical (unpaired) electrons. The first-order chi connectivity index (χ1) is 15.3. The lowest BCUT2D eigenvalue weighted by molar-refractivity contribution is -0.124. The summed E-state index contributed by atoms with van der Waals surface area (Å²) in [6.45, 7) is 3.82. The summed E-state index contributed by atoms with van der Waals surface area (Å²) in [5.41, 5.74) is 1.87. The van der Waals surface area contributed by atoms with Gasteiger partial charge in [0.25, 0.3) is 0 Å². The van der Waals surface area contributed by atoms with Crippen LogP contribution in [0.15, 0.2) is 36.4 Å². The van der Waals surface area contributed by atoms with E-state index in [1.54, 1.807) is 43.5 Å². The molecule has 1 amide bonds. The molecule has 1 fully saturated rings. The third-order valence-corrected chi connectivity index (χ3v) is 5.78. The van der Waals surface area contributed by atoms with Crippen LogP contribution < -0.4 is 14.8 Å². The Labute approximate surface area is 193 Å². The van der Waals surface area contributed by atoms with Gasteiger partial charge in [-0.05, 0) is 67.6 Å². The van der Waals surface area contributed by atoms with Crippen molar-refractivity contribution in [2.24, 2.45) is 0 Å². The third-order valence-electron chi connectivity index (χ3n) is 5.53. The Hall–Kier alpha value is -2.57. The highest BCUT2D eigenvalue weighted by atomic mass is 35.5. The van der Waals surface area contributed by atoms with Gasteiger partial charge in [-0.1, -0.05) is 23.7 Å². The predicted molar refractivity (Wildman–Crippen MR) is 123 cm³/mol. The van der Waals surface area contributed by atoms with Crippen LogP contribution >= 0.6 is 11.6 Å². The Balaban J connectivity index is 1.90. The maximum Gasteiger partial charge on any atom is 0.224 e. The molecule has 0 spiro atoms. The van der Waals surface area contributed by atoms with Crippen LogP contribution in [0.2, 0.25) is 5.02 Å². The van der Waals surface area contributed by atoms with Gasteiger partial charge in [-0.3, -0.25) is 9.59 Å². The molecular weight excluding hydrogens is 430 g/mol. The van der Waals surface area contributed by atoms with E-state index < -0.39 is 6.10 Å². The van der Waals surface area contributed by atoms with Crippen LogP contribution in [0.1, 0.15) is 62.3 Å².